The van der Waals surface area contributed by atoms with Gasteiger partial charge in [0.05, 0.1) is 6.04 Å². The lowest BCUT2D eigenvalue weighted by Crippen LogP contribution is -2.23. The molecule has 0 spiro atoms. The minimum Gasteiger partial charge on any atom is -0.466 e. The predicted octanol–water partition coefficient (Wildman–Crippen LogP) is 4.85. The first-order valence-corrected chi connectivity index (χ1v) is 7.73. The standard InChI is InChI=1S/C15H17ClINO/c1-4-18-15(12-7-9(2)19-10(12)3)13-8-11(16)5-6-14(13)17/h5-8,15,18H,4H2,1-3H3. The van der Waals surface area contributed by atoms with Gasteiger partial charge in [-0.25, -0.2) is 0 Å². The molecule has 2 nitrogen and oxygen atoms in total. The zero-order valence-electron chi connectivity index (χ0n) is 11.3. The summed E-state index contributed by atoms with van der Waals surface area (Å²) >= 11 is 8.49. The van der Waals surface area contributed by atoms with Gasteiger partial charge < -0.3 is 9.73 Å². The highest BCUT2D eigenvalue weighted by atomic mass is 127. The van der Waals surface area contributed by atoms with E-state index in [1.807, 2.05) is 32.0 Å². The highest BCUT2D eigenvalue weighted by Crippen LogP contribution is 2.31. The number of halogens is 2. The molecule has 102 valence electrons. The van der Waals surface area contributed by atoms with Gasteiger partial charge in [0.1, 0.15) is 11.5 Å². The van der Waals surface area contributed by atoms with Crippen molar-refractivity contribution in [2.45, 2.75) is 26.8 Å². The Hall–Kier alpha value is -0.520. The number of aryl methyl sites for hydroxylation is 2. The number of furan rings is 1. The molecular formula is C15H17ClINO. The van der Waals surface area contributed by atoms with E-state index in [0.29, 0.717) is 0 Å². The molecule has 1 aromatic heterocycles. The third-order valence-electron chi connectivity index (χ3n) is 3.07. The molecule has 0 fully saturated rings. The summed E-state index contributed by atoms with van der Waals surface area (Å²) in [5.74, 6) is 1.90. The Morgan fingerprint density at radius 1 is 1.26 bits per heavy atom. The third-order valence-corrected chi connectivity index (χ3v) is 4.29. The molecule has 1 unspecified atom stereocenters. The fourth-order valence-corrected chi connectivity index (χ4v) is 3.09. The molecule has 0 radical (unpaired) electrons. The van der Waals surface area contributed by atoms with Crippen LogP contribution in [0.25, 0.3) is 0 Å². The van der Waals surface area contributed by atoms with E-state index in [1.165, 1.54) is 14.7 Å². The fraction of sp³-hybridized carbons (Fsp3) is 0.333. The molecule has 0 aliphatic heterocycles. The molecule has 1 heterocycles. The van der Waals surface area contributed by atoms with Crippen LogP contribution in [0.3, 0.4) is 0 Å². The Balaban J connectivity index is 2.51. The summed E-state index contributed by atoms with van der Waals surface area (Å²) in [6.07, 6.45) is 0. The van der Waals surface area contributed by atoms with Crippen LogP contribution in [0.1, 0.15) is 35.6 Å². The highest BCUT2D eigenvalue weighted by Gasteiger charge is 2.20. The van der Waals surface area contributed by atoms with Crippen LogP contribution in [-0.2, 0) is 0 Å². The second kappa shape index (κ2) is 6.29. The quantitative estimate of drug-likeness (QED) is 0.756. The number of nitrogens with one attached hydrogen (secondary N) is 1. The van der Waals surface area contributed by atoms with E-state index < -0.39 is 0 Å². The Labute approximate surface area is 132 Å². The molecule has 2 rings (SSSR count). The Kier molecular flexibility index (Phi) is 4.92. The van der Waals surface area contributed by atoms with E-state index in [0.717, 1.165) is 23.1 Å². The molecule has 0 saturated heterocycles. The van der Waals surface area contributed by atoms with Crippen molar-refractivity contribution in [2.75, 3.05) is 6.54 Å². The molecule has 0 aliphatic rings. The van der Waals surface area contributed by atoms with Gasteiger partial charge in [0.15, 0.2) is 0 Å². The van der Waals surface area contributed by atoms with Crippen molar-refractivity contribution in [2.24, 2.45) is 0 Å². The van der Waals surface area contributed by atoms with Crippen molar-refractivity contribution in [3.63, 3.8) is 0 Å². The first-order chi connectivity index (χ1) is 9.02. The first kappa shape index (κ1) is 14.9. The molecular weight excluding hydrogens is 373 g/mol. The maximum atomic E-state index is 6.14. The van der Waals surface area contributed by atoms with E-state index in [1.54, 1.807) is 0 Å². The summed E-state index contributed by atoms with van der Waals surface area (Å²) in [4.78, 5) is 0. The average molecular weight is 390 g/mol. The number of hydrogen-bond donors (Lipinski definition) is 1. The van der Waals surface area contributed by atoms with Gasteiger partial charge in [-0.2, -0.15) is 0 Å². The number of benzene rings is 1. The zero-order chi connectivity index (χ0) is 14.0. The summed E-state index contributed by atoms with van der Waals surface area (Å²) in [6, 6.07) is 8.21. The topological polar surface area (TPSA) is 25.2 Å². The summed E-state index contributed by atoms with van der Waals surface area (Å²) in [5, 5.41) is 4.27. The second-order valence-electron chi connectivity index (χ2n) is 4.53. The molecule has 19 heavy (non-hydrogen) atoms. The summed E-state index contributed by atoms with van der Waals surface area (Å²) in [7, 11) is 0. The van der Waals surface area contributed by atoms with Crippen LogP contribution in [-0.4, -0.2) is 6.54 Å². The monoisotopic (exact) mass is 389 g/mol. The van der Waals surface area contributed by atoms with Crippen LogP contribution >= 0.6 is 34.2 Å². The Bertz CT molecular complexity index is 580. The van der Waals surface area contributed by atoms with Crippen LogP contribution < -0.4 is 5.32 Å². The van der Waals surface area contributed by atoms with Gasteiger partial charge in [0.25, 0.3) is 0 Å². The number of rotatable bonds is 4. The van der Waals surface area contributed by atoms with E-state index in [4.69, 9.17) is 16.0 Å². The molecule has 4 heteroatoms. The lowest BCUT2D eigenvalue weighted by molar-refractivity contribution is 0.495. The van der Waals surface area contributed by atoms with Crippen molar-refractivity contribution in [1.29, 1.82) is 0 Å². The number of hydrogen-bond acceptors (Lipinski definition) is 2. The van der Waals surface area contributed by atoms with Crippen molar-refractivity contribution < 1.29 is 4.42 Å². The van der Waals surface area contributed by atoms with Gasteiger partial charge in [-0.15, -0.1) is 0 Å². The van der Waals surface area contributed by atoms with E-state index in [9.17, 15) is 0 Å². The fourth-order valence-electron chi connectivity index (χ4n) is 2.26. The predicted molar refractivity (Wildman–Crippen MR) is 87.9 cm³/mol. The summed E-state index contributed by atoms with van der Waals surface area (Å²) < 4.78 is 6.86. The van der Waals surface area contributed by atoms with Gasteiger partial charge >= 0.3 is 0 Å². The molecule has 0 saturated carbocycles. The minimum absolute atomic E-state index is 0.119. The maximum absolute atomic E-state index is 6.14. The SMILES string of the molecule is CCNC(c1cc(Cl)ccc1I)c1cc(C)oc1C. The molecule has 2 aromatic rings. The smallest absolute Gasteiger partial charge is 0.106 e. The molecule has 1 aromatic carbocycles. The van der Waals surface area contributed by atoms with Crippen LogP contribution in [0.4, 0.5) is 0 Å². The van der Waals surface area contributed by atoms with E-state index in [2.05, 4.69) is 40.9 Å². The summed E-state index contributed by atoms with van der Waals surface area (Å²) in [6.45, 7) is 6.97. The minimum atomic E-state index is 0.119. The van der Waals surface area contributed by atoms with Crippen LogP contribution in [0.15, 0.2) is 28.7 Å². The normalized spacial score (nSPS) is 12.7. The Morgan fingerprint density at radius 3 is 2.58 bits per heavy atom. The average Bonchev–Trinajstić information content (AvgIpc) is 2.69. The van der Waals surface area contributed by atoms with E-state index >= 15 is 0 Å². The first-order valence-electron chi connectivity index (χ1n) is 6.28. The molecule has 0 aliphatic carbocycles. The van der Waals surface area contributed by atoms with Crippen molar-refractivity contribution in [3.05, 3.63) is 55.5 Å². The van der Waals surface area contributed by atoms with Crippen molar-refractivity contribution in [3.8, 4) is 0 Å². The summed E-state index contributed by atoms with van der Waals surface area (Å²) in [5.41, 5.74) is 2.37. The zero-order valence-corrected chi connectivity index (χ0v) is 14.2. The van der Waals surface area contributed by atoms with Gasteiger partial charge in [0.2, 0.25) is 0 Å². The van der Waals surface area contributed by atoms with Crippen LogP contribution in [0, 0.1) is 17.4 Å². The lowest BCUT2D eigenvalue weighted by Gasteiger charge is -2.19. The maximum Gasteiger partial charge on any atom is 0.106 e. The van der Waals surface area contributed by atoms with Gasteiger partial charge in [-0.1, -0.05) is 18.5 Å². The second-order valence-corrected chi connectivity index (χ2v) is 6.12. The van der Waals surface area contributed by atoms with Gasteiger partial charge in [-0.05, 0) is 72.8 Å². The largest absolute Gasteiger partial charge is 0.466 e. The van der Waals surface area contributed by atoms with Crippen molar-refractivity contribution >= 4 is 34.2 Å². The van der Waals surface area contributed by atoms with Gasteiger partial charge in [0, 0.05) is 14.2 Å². The Morgan fingerprint density at radius 2 is 2.00 bits per heavy atom. The molecule has 1 atom stereocenters. The lowest BCUT2D eigenvalue weighted by atomic mass is 9.99. The van der Waals surface area contributed by atoms with E-state index in [-0.39, 0.29) is 6.04 Å². The molecule has 0 bridgehead atoms. The van der Waals surface area contributed by atoms with Gasteiger partial charge in [-0.3, -0.25) is 0 Å². The molecule has 0 amide bonds. The third kappa shape index (κ3) is 3.33. The highest BCUT2D eigenvalue weighted by molar-refractivity contribution is 14.1. The molecule has 1 N–H and O–H groups in total. The van der Waals surface area contributed by atoms with Crippen LogP contribution in [0.5, 0.6) is 0 Å². The van der Waals surface area contributed by atoms with Crippen LogP contribution in [0.2, 0.25) is 5.02 Å². The van der Waals surface area contributed by atoms with Crippen molar-refractivity contribution in [1.82, 2.24) is 5.32 Å².